The van der Waals surface area contributed by atoms with E-state index in [1.807, 2.05) is 55.5 Å². The van der Waals surface area contributed by atoms with Gasteiger partial charge in [0.1, 0.15) is 24.7 Å². The molecule has 2 aromatic carbocycles. The minimum Gasteiger partial charge on any atom is -0.490 e. The van der Waals surface area contributed by atoms with E-state index < -0.39 is 0 Å². The standard InChI is InChI=1S/C16H18ClNO2/c1-12(18)13-7-8-16(15(17)11-13)20-10-9-19-14-5-3-2-4-6-14/h2-8,11-12H,9-10,18H2,1H3. The molecule has 2 rings (SSSR count). The lowest BCUT2D eigenvalue weighted by Crippen LogP contribution is -2.09. The van der Waals surface area contributed by atoms with Gasteiger partial charge in [-0.2, -0.15) is 0 Å². The number of nitrogens with two attached hydrogens (primary N) is 1. The second-order valence-electron chi connectivity index (χ2n) is 4.49. The molecule has 2 aromatic rings. The van der Waals surface area contributed by atoms with Crippen LogP contribution in [0.1, 0.15) is 18.5 Å². The van der Waals surface area contributed by atoms with Gasteiger partial charge in [0.05, 0.1) is 5.02 Å². The average Bonchev–Trinajstić information content (AvgIpc) is 2.46. The maximum absolute atomic E-state index is 6.15. The Hall–Kier alpha value is -1.71. The van der Waals surface area contributed by atoms with Crippen molar-refractivity contribution in [1.29, 1.82) is 0 Å². The summed E-state index contributed by atoms with van der Waals surface area (Å²) in [4.78, 5) is 0. The SMILES string of the molecule is CC(N)c1ccc(OCCOc2ccccc2)c(Cl)c1. The van der Waals surface area contributed by atoms with Gasteiger partial charge in [0.25, 0.3) is 0 Å². The molecule has 0 heterocycles. The van der Waals surface area contributed by atoms with Crippen molar-refractivity contribution in [3.63, 3.8) is 0 Å². The summed E-state index contributed by atoms with van der Waals surface area (Å²) < 4.78 is 11.1. The van der Waals surface area contributed by atoms with Crippen LogP contribution in [-0.4, -0.2) is 13.2 Å². The number of hydrogen-bond donors (Lipinski definition) is 1. The molecule has 4 heteroatoms. The molecule has 0 fully saturated rings. The fourth-order valence-electron chi connectivity index (χ4n) is 1.75. The molecule has 2 N–H and O–H groups in total. The van der Waals surface area contributed by atoms with Crippen LogP contribution in [0.25, 0.3) is 0 Å². The lowest BCUT2D eigenvalue weighted by atomic mass is 10.1. The highest BCUT2D eigenvalue weighted by Gasteiger charge is 2.05. The van der Waals surface area contributed by atoms with Gasteiger partial charge in [0, 0.05) is 6.04 Å². The smallest absolute Gasteiger partial charge is 0.138 e. The second-order valence-corrected chi connectivity index (χ2v) is 4.90. The largest absolute Gasteiger partial charge is 0.490 e. The van der Waals surface area contributed by atoms with E-state index >= 15 is 0 Å². The summed E-state index contributed by atoms with van der Waals surface area (Å²) in [6, 6.07) is 15.2. The van der Waals surface area contributed by atoms with Crippen molar-refractivity contribution in [3.8, 4) is 11.5 Å². The summed E-state index contributed by atoms with van der Waals surface area (Å²) in [5.74, 6) is 1.47. The highest BCUT2D eigenvalue weighted by Crippen LogP contribution is 2.27. The Labute approximate surface area is 124 Å². The van der Waals surface area contributed by atoms with E-state index in [1.165, 1.54) is 0 Å². The van der Waals surface area contributed by atoms with E-state index in [-0.39, 0.29) is 6.04 Å². The number of ether oxygens (including phenoxy) is 2. The third-order valence-electron chi connectivity index (χ3n) is 2.83. The summed E-state index contributed by atoms with van der Waals surface area (Å²) >= 11 is 6.15. The van der Waals surface area contributed by atoms with Gasteiger partial charge in [-0.05, 0) is 36.8 Å². The lowest BCUT2D eigenvalue weighted by Gasteiger charge is -2.11. The van der Waals surface area contributed by atoms with E-state index in [2.05, 4.69) is 0 Å². The summed E-state index contributed by atoms with van der Waals surface area (Å²) in [6.45, 7) is 2.82. The summed E-state index contributed by atoms with van der Waals surface area (Å²) in [7, 11) is 0. The van der Waals surface area contributed by atoms with Crippen LogP contribution in [0.5, 0.6) is 11.5 Å². The molecule has 0 aliphatic rings. The Morgan fingerprint density at radius 1 is 1.05 bits per heavy atom. The van der Waals surface area contributed by atoms with Gasteiger partial charge in [0.2, 0.25) is 0 Å². The third kappa shape index (κ3) is 4.15. The van der Waals surface area contributed by atoms with E-state index in [0.717, 1.165) is 11.3 Å². The minimum atomic E-state index is -0.0389. The lowest BCUT2D eigenvalue weighted by molar-refractivity contribution is 0.217. The van der Waals surface area contributed by atoms with E-state index in [4.69, 9.17) is 26.8 Å². The third-order valence-corrected chi connectivity index (χ3v) is 3.13. The second kappa shape index (κ2) is 7.17. The van der Waals surface area contributed by atoms with Crippen molar-refractivity contribution in [3.05, 3.63) is 59.1 Å². The molecule has 3 nitrogen and oxygen atoms in total. The van der Waals surface area contributed by atoms with Crippen LogP contribution in [0.2, 0.25) is 5.02 Å². The normalized spacial score (nSPS) is 11.9. The van der Waals surface area contributed by atoms with Crippen LogP contribution < -0.4 is 15.2 Å². The molecule has 0 bridgehead atoms. The monoisotopic (exact) mass is 291 g/mol. The molecule has 0 aliphatic carbocycles. The Kier molecular flexibility index (Phi) is 5.27. The molecule has 106 valence electrons. The number of halogens is 1. The van der Waals surface area contributed by atoms with Crippen LogP contribution in [-0.2, 0) is 0 Å². The van der Waals surface area contributed by atoms with Gasteiger partial charge in [-0.3, -0.25) is 0 Å². The maximum Gasteiger partial charge on any atom is 0.138 e. The number of hydrogen-bond acceptors (Lipinski definition) is 3. The van der Waals surface area contributed by atoms with Crippen molar-refractivity contribution in [1.82, 2.24) is 0 Å². The minimum absolute atomic E-state index is 0.0389. The molecule has 0 aromatic heterocycles. The molecule has 0 aliphatic heterocycles. The van der Waals surface area contributed by atoms with Crippen LogP contribution in [0, 0.1) is 0 Å². The Bertz CT molecular complexity index is 543. The first kappa shape index (κ1) is 14.7. The van der Waals surface area contributed by atoms with Crippen molar-refractivity contribution in [2.24, 2.45) is 5.73 Å². The fraction of sp³-hybridized carbons (Fsp3) is 0.250. The zero-order chi connectivity index (χ0) is 14.4. The predicted molar refractivity (Wildman–Crippen MR) is 81.5 cm³/mol. The van der Waals surface area contributed by atoms with E-state index in [9.17, 15) is 0 Å². The first-order chi connectivity index (χ1) is 9.66. The quantitative estimate of drug-likeness (QED) is 0.823. The fourth-order valence-corrected chi connectivity index (χ4v) is 1.99. The Morgan fingerprint density at radius 3 is 2.40 bits per heavy atom. The van der Waals surface area contributed by atoms with Gasteiger partial charge in [-0.25, -0.2) is 0 Å². The zero-order valence-electron chi connectivity index (χ0n) is 11.4. The van der Waals surface area contributed by atoms with Gasteiger partial charge in [-0.15, -0.1) is 0 Å². The maximum atomic E-state index is 6.15. The Morgan fingerprint density at radius 2 is 1.75 bits per heavy atom. The van der Waals surface area contributed by atoms with Crippen molar-refractivity contribution in [2.45, 2.75) is 13.0 Å². The van der Waals surface area contributed by atoms with Gasteiger partial charge in [0.15, 0.2) is 0 Å². The number of rotatable bonds is 6. The van der Waals surface area contributed by atoms with E-state index in [0.29, 0.717) is 24.0 Å². The zero-order valence-corrected chi connectivity index (χ0v) is 12.1. The van der Waals surface area contributed by atoms with Crippen LogP contribution in [0.15, 0.2) is 48.5 Å². The number of para-hydroxylation sites is 1. The van der Waals surface area contributed by atoms with Gasteiger partial charge in [-0.1, -0.05) is 35.9 Å². The highest BCUT2D eigenvalue weighted by molar-refractivity contribution is 6.32. The Balaban J connectivity index is 1.82. The summed E-state index contributed by atoms with van der Waals surface area (Å²) in [6.07, 6.45) is 0. The van der Waals surface area contributed by atoms with Crippen molar-refractivity contribution < 1.29 is 9.47 Å². The molecule has 20 heavy (non-hydrogen) atoms. The van der Waals surface area contributed by atoms with E-state index in [1.54, 1.807) is 0 Å². The van der Waals surface area contributed by atoms with Crippen molar-refractivity contribution >= 4 is 11.6 Å². The molecule has 0 saturated heterocycles. The first-order valence-corrected chi connectivity index (χ1v) is 6.90. The summed E-state index contributed by atoms with van der Waals surface area (Å²) in [5.41, 5.74) is 6.79. The number of benzene rings is 2. The van der Waals surface area contributed by atoms with Crippen LogP contribution in [0.3, 0.4) is 0 Å². The molecule has 0 spiro atoms. The molecule has 0 amide bonds. The molecule has 1 atom stereocenters. The summed E-state index contributed by atoms with van der Waals surface area (Å²) in [5, 5.41) is 0.569. The average molecular weight is 292 g/mol. The van der Waals surface area contributed by atoms with Crippen molar-refractivity contribution in [2.75, 3.05) is 13.2 Å². The molecular formula is C16H18ClNO2. The molecule has 1 unspecified atom stereocenters. The molecule has 0 radical (unpaired) electrons. The molecular weight excluding hydrogens is 274 g/mol. The first-order valence-electron chi connectivity index (χ1n) is 6.52. The van der Waals surface area contributed by atoms with Gasteiger partial charge >= 0.3 is 0 Å². The predicted octanol–water partition coefficient (Wildman–Crippen LogP) is 3.82. The van der Waals surface area contributed by atoms with Crippen LogP contribution >= 0.6 is 11.6 Å². The molecule has 0 saturated carbocycles. The highest BCUT2D eigenvalue weighted by atomic mass is 35.5. The van der Waals surface area contributed by atoms with Gasteiger partial charge < -0.3 is 15.2 Å². The topological polar surface area (TPSA) is 44.5 Å². The van der Waals surface area contributed by atoms with Crippen LogP contribution in [0.4, 0.5) is 0 Å².